The minimum absolute atomic E-state index is 0.0523. The fourth-order valence-corrected chi connectivity index (χ4v) is 15.3. The fourth-order valence-electron chi connectivity index (χ4n) is 15.3. The van der Waals surface area contributed by atoms with Crippen molar-refractivity contribution in [2.45, 2.75) is 33.1 Å². The second kappa shape index (κ2) is 16.4. The van der Waals surface area contributed by atoms with Crippen LogP contribution in [-0.2, 0) is 5.41 Å². The standard InChI is InChI=1S/C77H52BN5O/c1-45-37-72-75-74(38-45)84-73-39-46(77(2,3)4)29-33-61(73)78(75)62-44-50(82-68-28-16-10-22-56(68)58-41-48(31-35-70(58)82)80-65-25-13-7-19-53(65)54-20-8-14-26-66(54)80)43-60-59-42-49(32-36-71(59)83(72)76(60)62)81-67-27-15-9-21-55(67)57-40-47(30-34-69(57)81)79-63-23-11-5-17-51(63)52-18-6-12-24-64(52)79/h5-44H,1-4H3. The SMILES string of the molecule is Cc1cc2c3c(c1)-n1c4ccc(-n5c6ccccc6c6cc(-n7c8ccccc8c8ccccc87)ccc65)cc4c4cc(-n5c6ccccc6c6cc(-n7c8ccccc8c8ccccc87)ccc65)cc(c41)B3c1ccc(C(C)(C)C)cc1O2. The highest BCUT2D eigenvalue weighted by molar-refractivity contribution is 6.99. The molecule has 12 aromatic carbocycles. The van der Waals surface area contributed by atoms with E-state index in [4.69, 9.17) is 4.74 Å². The van der Waals surface area contributed by atoms with Gasteiger partial charge in [-0.1, -0.05) is 142 Å². The van der Waals surface area contributed by atoms with E-state index in [0.717, 1.165) is 39.8 Å². The van der Waals surface area contributed by atoms with Crippen molar-refractivity contribution in [3.8, 4) is 39.9 Å². The molecule has 0 amide bonds. The van der Waals surface area contributed by atoms with Gasteiger partial charge in [-0.3, -0.25) is 0 Å². The van der Waals surface area contributed by atoms with Crippen LogP contribution >= 0.6 is 0 Å². The van der Waals surface area contributed by atoms with Crippen LogP contribution in [0.5, 0.6) is 11.5 Å². The maximum Gasteiger partial charge on any atom is 0.256 e. The van der Waals surface area contributed by atoms with Crippen molar-refractivity contribution in [1.82, 2.24) is 22.8 Å². The van der Waals surface area contributed by atoms with E-state index in [1.807, 2.05) is 0 Å². The quantitative estimate of drug-likeness (QED) is 0.162. The number of aryl methyl sites for hydroxylation is 1. The van der Waals surface area contributed by atoms with E-state index in [1.165, 1.54) is 137 Å². The molecule has 0 saturated carbocycles. The maximum absolute atomic E-state index is 7.15. The summed E-state index contributed by atoms with van der Waals surface area (Å²) < 4.78 is 19.6. The van der Waals surface area contributed by atoms with Crippen LogP contribution < -0.4 is 21.1 Å². The summed E-state index contributed by atoms with van der Waals surface area (Å²) in [5, 5.41) is 12.3. The summed E-state index contributed by atoms with van der Waals surface area (Å²) in [6, 6.07) is 91.0. The summed E-state index contributed by atoms with van der Waals surface area (Å²) in [7, 11) is 0. The first kappa shape index (κ1) is 46.1. The molecule has 6 nitrogen and oxygen atoms in total. The molecular weight excluding hydrogens is 1020 g/mol. The minimum atomic E-state index is -0.0804. The highest BCUT2D eigenvalue weighted by Gasteiger charge is 2.42. The number of nitrogens with zero attached hydrogens (tertiary/aromatic N) is 5. The van der Waals surface area contributed by atoms with Gasteiger partial charge in [0.25, 0.3) is 6.71 Å². The molecule has 2 aliphatic rings. The van der Waals surface area contributed by atoms with E-state index in [-0.39, 0.29) is 12.1 Å². The van der Waals surface area contributed by atoms with E-state index in [0.29, 0.717) is 0 Å². The lowest BCUT2D eigenvalue weighted by Gasteiger charge is -2.34. The molecule has 0 unspecified atom stereocenters. The molecule has 0 aliphatic carbocycles. The smallest absolute Gasteiger partial charge is 0.256 e. The van der Waals surface area contributed by atoms with E-state index < -0.39 is 0 Å². The summed E-state index contributed by atoms with van der Waals surface area (Å²) in [5.74, 6) is 1.86. The Kier molecular flexibility index (Phi) is 8.99. The van der Waals surface area contributed by atoms with Gasteiger partial charge < -0.3 is 27.6 Å². The number of hydrogen-bond acceptors (Lipinski definition) is 1. The molecule has 0 fully saturated rings. The topological polar surface area (TPSA) is 33.9 Å². The van der Waals surface area contributed by atoms with E-state index in [1.54, 1.807) is 0 Å². The third-order valence-corrected chi connectivity index (χ3v) is 18.9. The number of hydrogen-bond donors (Lipinski definition) is 0. The second-order valence-electron chi connectivity index (χ2n) is 24.5. The van der Waals surface area contributed by atoms with Gasteiger partial charge in [-0.25, -0.2) is 0 Å². The van der Waals surface area contributed by atoms with Crippen molar-refractivity contribution < 1.29 is 4.74 Å². The Balaban J connectivity index is 0.884. The Hall–Kier alpha value is -10.5. The molecule has 0 bridgehead atoms. The number of aromatic nitrogens is 5. The van der Waals surface area contributed by atoms with Crippen molar-refractivity contribution in [3.63, 3.8) is 0 Å². The Morgan fingerprint density at radius 2 is 0.690 bits per heavy atom. The lowest BCUT2D eigenvalue weighted by atomic mass is 9.34. The Labute approximate surface area is 483 Å². The molecule has 7 heteroatoms. The van der Waals surface area contributed by atoms with Crippen molar-refractivity contribution in [2.75, 3.05) is 0 Å². The molecule has 0 N–H and O–H groups in total. The summed E-state index contributed by atoms with van der Waals surface area (Å²) in [6.45, 7) is 8.99. The molecule has 394 valence electrons. The average molecular weight is 1070 g/mol. The summed E-state index contributed by atoms with van der Waals surface area (Å²) in [5.41, 5.74) is 23.7. The first-order valence-electron chi connectivity index (χ1n) is 29.4. The summed E-state index contributed by atoms with van der Waals surface area (Å²) in [4.78, 5) is 0. The fraction of sp³-hybridized carbons (Fsp3) is 0.0649. The molecule has 5 aromatic heterocycles. The second-order valence-corrected chi connectivity index (χ2v) is 24.5. The zero-order valence-electron chi connectivity index (χ0n) is 46.8. The normalized spacial score (nSPS) is 13.1. The molecule has 19 rings (SSSR count). The average Bonchev–Trinajstić information content (AvgIpc) is 1.73. The van der Waals surface area contributed by atoms with E-state index >= 15 is 0 Å². The number of para-hydroxylation sites is 6. The highest BCUT2D eigenvalue weighted by atomic mass is 16.5. The van der Waals surface area contributed by atoms with Crippen LogP contribution in [0, 0.1) is 6.92 Å². The van der Waals surface area contributed by atoms with Gasteiger partial charge in [0.2, 0.25) is 0 Å². The predicted octanol–water partition coefficient (Wildman–Crippen LogP) is 17.7. The van der Waals surface area contributed by atoms with Crippen molar-refractivity contribution in [1.29, 1.82) is 0 Å². The Morgan fingerprint density at radius 3 is 1.14 bits per heavy atom. The molecule has 2 aliphatic heterocycles. The maximum atomic E-state index is 7.15. The molecule has 0 radical (unpaired) electrons. The first-order chi connectivity index (χ1) is 41.2. The van der Waals surface area contributed by atoms with Crippen molar-refractivity contribution >= 4 is 132 Å². The minimum Gasteiger partial charge on any atom is -0.458 e. The number of rotatable bonds is 4. The number of benzene rings is 12. The molecule has 17 aromatic rings. The van der Waals surface area contributed by atoms with Crippen molar-refractivity contribution in [2.24, 2.45) is 0 Å². The van der Waals surface area contributed by atoms with Gasteiger partial charge in [0.05, 0.1) is 49.7 Å². The zero-order valence-corrected chi connectivity index (χ0v) is 46.8. The van der Waals surface area contributed by atoms with Crippen LogP contribution in [0.15, 0.2) is 243 Å². The number of ether oxygens (including phenoxy) is 1. The van der Waals surface area contributed by atoms with Gasteiger partial charge in [0.15, 0.2) is 0 Å². The lowest BCUT2D eigenvalue weighted by Crippen LogP contribution is -2.58. The van der Waals surface area contributed by atoms with Crippen LogP contribution in [-0.4, -0.2) is 29.5 Å². The van der Waals surface area contributed by atoms with Gasteiger partial charge in [0.1, 0.15) is 11.5 Å². The van der Waals surface area contributed by atoms with Crippen LogP contribution in [0.4, 0.5) is 0 Å². The summed E-state index contributed by atoms with van der Waals surface area (Å²) in [6.07, 6.45) is 0. The zero-order chi connectivity index (χ0) is 55.4. The molecule has 0 saturated heterocycles. The van der Waals surface area contributed by atoms with E-state index in [9.17, 15) is 0 Å². The van der Waals surface area contributed by atoms with Gasteiger partial charge in [-0.05, 0) is 161 Å². The van der Waals surface area contributed by atoms with Crippen LogP contribution in [0.25, 0.3) is 137 Å². The molecule has 84 heavy (non-hydrogen) atoms. The third-order valence-electron chi connectivity index (χ3n) is 18.9. The van der Waals surface area contributed by atoms with Crippen LogP contribution in [0.3, 0.4) is 0 Å². The predicted molar refractivity (Wildman–Crippen MR) is 353 cm³/mol. The molecule has 0 spiro atoms. The molecule has 0 atom stereocenters. The van der Waals surface area contributed by atoms with Crippen LogP contribution in [0.1, 0.15) is 31.9 Å². The van der Waals surface area contributed by atoms with Gasteiger partial charge in [0, 0.05) is 87.8 Å². The van der Waals surface area contributed by atoms with Gasteiger partial charge in [-0.2, -0.15) is 0 Å². The largest absolute Gasteiger partial charge is 0.458 e. The Morgan fingerprint density at radius 1 is 0.310 bits per heavy atom. The number of fused-ring (bicyclic) bond motifs is 19. The highest BCUT2D eigenvalue weighted by Crippen LogP contribution is 2.44. The third kappa shape index (κ3) is 6.09. The van der Waals surface area contributed by atoms with Crippen LogP contribution in [0.2, 0.25) is 0 Å². The van der Waals surface area contributed by atoms with Crippen molar-refractivity contribution in [3.05, 3.63) is 254 Å². The first-order valence-corrected chi connectivity index (χ1v) is 29.4. The lowest BCUT2D eigenvalue weighted by molar-refractivity contribution is 0.482. The van der Waals surface area contributed by atoms with E-state index in [2.05, 4.69) is 293 Å². The summed E-state index contributed by atoms with van der Waals surface area (Å²) >= 11 is 0. The van der Waals surface area contributed by atoms with Gasteiger partial charge in [-0.15, -0.1) is 0 Å². The monoisotopic (exact) mass is 1070 g/mol. The van der Waals surface area contributed by atoms with Gasteiger partial charge >= 0.3 is 0 Å². The molecule has 7 heterocycles. The Bertz CT molecular complexity index is 5690. The molecular formula is C77H52BN5O.